The molecule has 1 aromatic carbocycles. The molecule has 2 heteroatoms. The smallest absolute Gasteiger partial charge is 0.179 e. The summed E-state index contributed by atoms with van der Waals surface area (Å²) in [5.74, 6) is 0. The number of methoxy groups -OCH3 is 2. The minimum atomic E-state index is -0.254. The van der Waals surface area contributed by atoms with E-state index in [9.17, 15) is 0 Å². The summed E-state index contributed by atoms with van der Waals surface area (Å²) in [5, 5.41) is 0. The second-order valence-electron chi connectivity index (χ2n) is 3.10. The highest BCUT2D eigenvalue weighted by molar-refractivity contribution is 5.52. The third kappa shape index (κ3) is 2.98. The van der Waals surface area contributed by atoms with Gasteiger partial charge in [0.2, 0.25) is 0 Å². The number of benzene rings is 1. The highest BCUT2D eigenvalue weighted by Gasteiger charge is 2.06. The third-order valence-electron chi connectivity index (χ3n) is 1.99. The van der Waals surface area contributed by atoms with Crippen molar-refractivity contribution in [3.8, 4) is 0 Å². The van der Waals surface area contributed by atoms with Crippen LogP contribution in [0.15, 0.2) is 35.9 Å². The number of rotatable bonds is 4. The molecule has 0 saturated carbocycles. The maximum Gasteiger partial charge on any atom is 0.179 e. The van der Waals surface area contributed by atoms with Gasteiger partial charge in [0.15, 0.2) is 6.29 Å². The van der Waals surface area contributed by atoms with Crippen LogP contribution in [0, 0.1) is 0 Å². The van der Waals surface area contributed by atoms with Crippen molar-refractivity contribution in [1.82, 2.24) is 0 Å². The number of ether oxygens (including phenoxy) is 2. The molecule has 76 valence electrons. The van der Waals surface area contributed by atoms with Crippen LogP contribution in [0.3, 0.4) is 0 Å². The summed E-state index contributed by atoms with van der Waals surface area (Å²) < 4.78 is 10.3. The fourth-order valence-electron chi connectivity index (χ4n) is 1.35. The van der Waals surface area contributed by atoms with Crippen molar-refractivity contribution in [2.24, 2.45) is 0 Å². The molecule has 0 saturated heterocycles. The van der Waals surface area contributed by atoms with E-state index in [1.807, 2.05) is 37.3 Å². The summed E-state index contributed by atoms with van der Waals surface area (Å²) in [5.41, 5.74) is 2.21. The van der Waals surface area contributed by atoms with E-state index in [0.29, 0.717) is 0 Å². The second-order valence-corrected chi connectivity index (χ2v) is 3.10. The lowest BCUT2D eigenvalue weighted by Crippen LogP contribution is -2.13. The van der Waals surface area contributed by atoms with Gasteiger partial charge in [-0.1, -0.05) is 36.4 Å². The zero-order valence-electron chi connectivity index (χ0n) is 8.86. The molecular weight excluding hydrogens is 176 g/mol. The van der Waals surface area contributed by atoms with Crippen molar-refractivity contribution < 1.29 is 9.47 Å². The van der Waals surface area contributed by atoms with E-state index >= 15 is 0 Å². The van der Waals surface area contributed by atoms with E-state index in [1.165, 1.54) is 0 Å². The predicted molar refractivity (Wildman–Crippen MR) is 57.9 cm³/mol. The Labute approximate surface area is 85.2 Å². The van der Waals surface area contributed by atoms with Gasteiger partial charge in [-0.15, -0.1) is 0 Å². The largest absolute Gasteiger partial charge is 0.352 e. The lowest BCUT2D eigenvalue weighted by atomic mass is 10.1. The van der Waals surface area contributed by atoms with Crippen LogP contribution >= 0.6 is 0 Å². The van der Waals surface area contributed by atoms with Gasteiger partial charge in [-0.25, -0.2) is 0 Å². The van der Waals surface area contributed by atoms with Crippen molar-refractivity contribution in [3.05, 3.63) is 41.5 Å². The van der Waals surface area contributed by atoms with Crippen LogP contribution in [-0.2, 0) is 9.47 Å². The topological polar surface area (TPSA) is 18.5 Å². The Kier molecular flexibility index (Phi) is 4.36. The van der Waals surface area contributed by atoms with Gasteiger partial charge in [-0.3, -0.25) is 0 Å². The van der Waals surface area contributed by atoms with Crippen LogP contribution in [0.25, 0.3) is 6.08 Å². The Bertz CT molecular complexity index is 286. The molecule has 0 atom stereocenters. The quantitative estimate of drug-likeness (QED) is 0.683. The first kappa shape index (κ1) is 11.0. The van der Waals surface area contributed by atoms with E-state index in [1.54, 1.807) is 14.2 Å². The van der Waals surface area contributed by atoms with Gasteiger partial charge in [0, 0.05) is 14.2 Å². The Hall–Kier alpha value is -1.12. The molecule has 14 heavy (non-hydrogen) atoms. The Morgan fingerprint density at radius 2 is 1.71 bits per heavy atom. The monoisotopic (exact) mass is 192 g/mol. The first-order valence-electron chi connectivity index (χ1n) is 4.56. The SMILES string of the molecule is COC(OC)C(C)=Cc1ccccc1. The standard InChI is InChI=1S/C12H16O2/c1-10(12(13-2)14-3)9-11-7-5-4-6-8-11/h4-9,12H,1-3H3. The summed E-state index contributed by atoms with van der Waals surface area (Å²) >= 11 is 0. The van der Waals surface area contributed by atoms with E-state index in [-0.39, 0.29) is 6.29 Å². The normalized spacial score (nSPS) is 12.1. The van der Waals surface area contributed by atoms with Crippen molar-refractivity contribution in [2.75, 3.05) is 14.2 Å². The fraction of sp³-hybridized carbons (Fsp3) is 0.333. The van der Waals surface area contributed by atoms with Crippen LogP contribution in [0.1, 0.15) is 12.5 Å². The maximum atomic E-state index is 5.14. The highest BCUT2D eigenvalue weighted by atomic mass is 16.7. The fourth-order valence-corrected chi connectivity index (χ4v) is 1.35. The first-order chi connectivity index (χ1) is 6.77. The number of hydrogen-bond acceptors (Lipinski definition) is 2. The molecule has 2 nitrogen and oxygen atoms in total. The van der Waals surface area contributed by atoms with Crippen LogP contribution in [-0.4, -0.2) is 20.5 Å². The average Bonchev–Trinajstić information content (AvgIpc) is 2.21. The van der Waals surface area contributed by atoms with Crippen LogP contribution < -0.4 is 0 Å². The first-order valence-corrected chi connectivity index (χ1v) is 4.56. The molecule has 1 aromatic rings. The molecule has 0 spiro atoms. The van der Waals surface area contributed by atoms with Crippen LogP contribution in [0.2, 0.25) is 0 Å². The molecule has 0 amide bonds. The zero-order valence-corrected chi connectivity index (χ0v) is 8.86. The summed E-state index contributed by atoms with van der Waals surface area (Å²) in [7, 11) is 3.27. The lowest BCUT2D eigenvalue weighted by Gasteiger charge is -2.13. The molecule has 0 N–H and O–H groups in total. The molecule has 0 fully saturated rings. The molecule has 0 aliphatic rings. The van der Waals surface area contributed by atoms with Gasteiger partial charge in [-0.05, 0) is 18.1 Å². The molecule has 0 aromatic heterocycles. The van der Waals surface area contributed by atoms with Gasteiger partial charge in [-0.2, -0.15) is 0 Å². The Balaban J connectivity index is 2.77. The van der Waals surface area contributed by atoms with Crippen molar-refractivity contribution >= 4 is 6.08 Å². The van der Waals surface area contributed by atoms with Crippen molar-refractivity contribution in [1.29, 1.82) is 0 Å². The second kappa shape index (κ2) is 5.58. The molecule has 1 rings (SSSR count). The van der Waals surface area contributed by atoms with Gasteiger partial charge in [0.1, 0.15) is 0 Å². The molecule has 0 heterocycles. The van der Waals surface area contributed by atoms with Gasteiger partial charge in [0.25, 0.3) is 0 Å². The average molecular weight is 192 g/mol. The third-order valence-corrected chi connectivity index (χ3v) is 1.99. The van der Waals surface area contributed by atoms with Gasteiger partial charge >= 0.3 is 0 Å². The molecule has 0 aliphatic carbocycles. The number of hydrogen-bond donors (Lipinski definition) is 0. The summed E-state index contributed by atoms with van der Waals surface area (Å²) in [6.45, 7) is 1.99. The van der Waals surface area contributed by atoms with E-state index in [0.717, 1.165) is 11.1 Å². The maximum absolute atomic E-state index is 5.14. The molecule has 0 aliphatic heterocycles. The zero-order chi connectivity index (χ0) is 10.4. The van der Waals surface area contributed by atoms with Crippen molar-refractivity contribution in [2.45, 2.75) is 13.2 Å². The lowest BCUT2D eigenvalue weighted by molar-refractivity contribution is -0.0740. The van der Waals surface area contributed by atoms with E-state index < -0.39 is 0 Å². The Morgan fingerprint density at radius 1 is 1.14 bits per heavy atom. The van der Waals surface area contributed by atoms with Crippen LogP contribution in [0.4, 0.5) is 0 Å². The minimum Gasteiger partial charge on any atom is -0.352 e. The molecular formula is C12H16O2. The minimum absolute atomic E-state index is 0.254. The predicted octanol–water partition coefficient (Wildman–Crippen LogP) is 2.71. The van der Waals surface area contributed by atoms with E-state index in [2.05, 4.69) is 6.08 Å². The highest BCUT2D eigenvalue weighted by Crippen LogP contribution is 2.11. The van der Waals surface area contributed by atoms with Crippen LogP contribution in [0.5, 0.6) is 0 Å². The van der Waals surface area contributed by atoms with Gasteiger partial charge < -0.3 is 9.47 Å². The summed E-state index contributed by atoms with van der Waals surface area (Å²) in [6.07, 6.45) is 1.80. The van der Waals surface area contributed by atoms with Gasteiger partial charge in [0.05, 0.1) is 0 Å². The van der Waals surface area contributed by atoms with Crippen molar-refractivity contribution in [3.63, 3.8) is 0 Å². The molecule has 0 radical (unpaired) electrons. The summed E-state index contributed by atoms with van der Waals surface area (Å²) in [4.78, 5) is 0. The molecule has 0 unspecified atom stereocenters. The summed E-state index contributed by atoms with van der Waals surface area (Å²) in [6, 6.07) is 10.1. The molecule has 0 bridgehead atoms. The Morgan fingerprint density at radius 3 is 2.21 bits per heavy atom. The van der Waals surface area contributed by atoms with E-state index in [4.69, 9.17) is 9.47 Å².